The molecule has 1 aromatic heterocycles. The molecule has 0 spiro atoms. The van der Waals surface area contributed by atoms with E-state index in [-0.39, 0.29) is 17.8 Å². The third-order valence-electron chi connectivity index (χ3n) is 4.21. The Morgan fingerprint density at radius 1 is 1.19 bits per heavy atom. The van der Waals surface area contributed by atoms with E-state index in [2.05, 4.69) is 19.9 Å². The summed E-state index contributed by atoms with van der Waals surface area (Å²) in [6.45, 7) is 1.84. The van der Waals surface area contributed by atoms with Crippen molar-refractivity contribution in [1.82, 2.24) is 15.2 Å². The molecule has 0 saturated heterocycles. The Bertz CT molecular complexity index is 707. The molecule has 1 aromatic carbocycles. The average Bonchev–Trinajstić information content (AvgIpc) is 3.06. The van der Waals surface area contributed by atoms with Gasteiger partial charge < -0.3 is 9.84 Å². The topological polar surface area (TPSA) is 71.0 Å². The van der Waals surface area contributed by atoms with E-state index in [1.54, 1.807) is 0 Å². The van der Waals surface area contributed by atoms with E-state index in [1.807, 2.05) is 0 Å². The van der Waals surface area contributed by atoms with Crippen LogP contribution in [0, 0.1) is 11.2 Å². The first-order chi connectivity index (χ1) is 12.0. The number of aromatic nitrogens is 3. The van der Waals surface area contributed by atoms with E-state index >= 15 is 0 Å². The van der Waals surface area contributed by atoms with Crippen LogP contribution < -0.4 is 0 Å². The van der Waals surface area contributed by atoms with Gasteiger partial charge in [-0.15, -0.1) is 0 Å². The molecule has 0 aliphatic heterocycles. The molecule has 0 fully saturated rings. The lowest BCUT2D eigenvalue weighted by Gasteiger charge is -2.43. The van der Waals surface area contributed by atoms with E-state index in [9.17, 15) is 27.1 Å². The number of aromatic amines is 1. The zero-order chi connectivity index (χ0) is 19.6. The Kier molecular flexibility index (Phi) is 5.67. The predicted octanol–water partition coefficient (Wildman–Crippen LogP) is 3.27. The van der Waals surface area contributed by atoms with Crippen molar-refractivity contribution in [2.75, 3.05) is 6.61 Å². The predicted molar refractivity (Wildman–Crippen MR) is 81.1 cm³/mol. The van der Waals surface area contributed by atoms with Gasteiger partial charge in [0.1, 0.15) is 23.6 Å². The van der Waals surface area contributed by atoms with Crippen molar-refractivity contribution in [2.45, 2.75) is 38.4 Å². The van der Waals surface area contributed by atoms with Crippen molar-refractivity contribution in [3.8, 4) is 0 Å². The average molecular weight is 379 g/mol. The molecule has 1 atom stereocenters. The maximum absolute atomic E-state index is 13.2. The zero-order valence-corrected chi connectivity index (χ0v) is 14.0. The van der Waals surface area contributed by atoms with Gasteiger partial charge in [-0.25, -0.2) is 18.2 Å². The van der Waals surface area contributed by atoms with Gasteiger partial charge in [-0.05, 0) is 17.7 Å². The van der Waals surface area contributed by atoms with Crippen molar-refractivity contribution in [3.05, 3.63) is 47.8 Å². The molecule has 5 nitrogen and oxygen atoms in total. The van der Waals surface area contributed by atoms with Crippen molar-refractivity contribution in [3.63, 3.8) is 0 Å². The molecule has 2 N–H and O–H groups in total. The number of H-pyrrole nitrogens is 1. The summed E-state index contributed by atoms with van der Waals surface area (Å²) in [5, 5.41) is 17.5. The van der Waals surface area contributed by atoms with Crippen molar-refractivity contribution in [1.29, 1.82) is 0 Å². The van der Waals surface area contributed by atoms with E-state index in [1.165, 1.54) is 32.3 Å². The number of nitrogens with one attached hydrogen (secondary N) is 1. The lowest BCUT2D eigenvalue weighted by molar-refractivity contribution is -0.315. The highest BCUT2D eigenvalue weighted by Crippen LogP contribution is 2.43. The van der Waals surface area contributed by atoms with E-state index in [0.29, 0.717) is 0 Å². The molecule has 0 radical (unpaired) electrons. The van der Waals surface area contributed by atoms with Crippen LogP contribution in [0.5, 0.6) is 0 Å². The van der Waals surface area contributed by atoms with Crippen molar-refractivity contribution in [2.24, 2.45) is 5.41 Å². The van der Waals surface area contributed by atoms with E-state index in [0.717, 1.165) is 12.1 Å². The van der Waals surface area contributed by atoms with Crippen molar-refractivity contribution >= 4 is 0 Å². The van der Waals surface area contributed by atoms with Gasteiger partial charge >= 0.3 is 12.5 Å². The number of rotatable bonds is 8. The zero-order valence-electron chi connectivity index (χ0n) is 14.0. The summed E-state index contributed by atoms with van der Waals surface area (Å²) >= 11 is 0. The van der Waals surface area contributed by atoms with Crippen LogP contribution in [0.2, 0.25) is 0 Å². The normalized spacial score (nSPS) is 15.3. The van der Waals surface area contributed by atoms with Crippen LogP contribution in [0.3, 0.4) is 0 Å². The first-order valence-corrected chi connectivity index (χ1v) is 7.60. The Balaban J connectivity index is 2.36. The Hall–Kier alpha value is -2.07. The second-order valence-corrected chi connectivity index (χ2v) is 6.51. The SMILES string of the molecule is CC(C)(COC(F)(F)C(F)F)C(O)(Cc1ncn[nH]1)c1ccc(F)cc1. The molecule has 1 heterocycles. The maximum Gasteiger partial charge on any atom is 0.416 e. The van der Waals surface area contributed by atoms with E-state index in [4.69, 9.17) is 0 Å². The molecule has 0 aliphatic carbocycles. The molecule has 2 aromatic rings. The van der Waals surface area contributed by atoms with Gasteiger partial charge in [-0.2, -0.15) is 13.9 Å². The number of halogens is 5. The summed E-state index contributed by atoms with van der Waals surface area (Å²) in [5.41, 5.74) is -3.18. The summed E-state index contributed by atoms with van der Waals surface area (Å²) < 4.78 is 68.4. The highest BCUT2D eigenvalue weighted by molar-refractivity contribution is 5.27. The molecule has 0 saturated carbocycles. The fourth-order valence-electron chi connectivity index (χ4n) is 2.48. The quantitative estimate of drug-likeness (QED) is 0.691. The lowest BCUT2D eigenvalue weighted by atomic mass is 9.69. The van der Waals surface area contributed by atoms with Gasteiger partial charge in [0, 0.05) is 11.8 Å². The molecule has 0 amide bonds. The fourth-order valence-corrected chi connectivity index (χ4v) is 2.48. The standard InChI is InChI=1S/C16H18F5N3O2/c1-14(2,8-26-16(20,21)13(18)19)15(25,7-12-22-9-23-24-12)10-3-5-11(17)6-4-10/h3-6,9,13,25H,7-8H2,1-2H3,(H,22,23,24). The number of hydrogen-bond donors (Lipinski definition) is 2. The van der Waals surface area contributed by atoms with Crippen LogP contribution >= 0.6 is 0 Å². The Labute approximate surface area is 146 Å². The Morgan fingerprint density at radius 3 is 2.31 bits per heavy atom. The summed E-state index contributed by atoms with van der Waals surface area (Å²) in [6, 6.07) is 4.73. The monoisotopic (exact) mass is 379 g/mol. The molecule has 2 rings (SSSR count). The molecular formula is C16H18F5N3O2. The minimum absolute atomic E-state index is 0.185. The second-order valence-electron chi connectivity index (χ2n) is 6.51. The van der Waals surface area contributed by atoms with Crippen LogP contribution in [0.25, 0.3) is 0 Å². The molecule has 10 heteroatoms. The molecule has 144 valence electrons. The maximum atomic E-state index is 13.2. The molecule has 26 heavy (non-hydrogen) atoms. The summed E-state index contributed by atoms with van der Waals surface area (Å²) in [5.74, 6) is -0.334. The first-order valence-electron chi connectivity index (χ1n) is 7.60. The van der Waals surface area contributed by atoms with Crippen LogP contribution in [0.15, 0.2) is 30.6 Å². The van der Waals surface area contributed by atoms with Gasteiger partial charge in [0.2, 0.25) is 0 Å². The first kappa shape index (κ1) is 20.2. The largest absolute Gasteiger partial charge is 0.416 e. The van der Waals surface area contributed by atoms with Crippen LogP contribution in [-0.2, 0) is 16.8 Å². The molecule has 1 unspecified atom stereocenters. The summed E-state index contributed by atoms with van der Waals surface area (Å²) in [4.78, 5) is 3.89. The van der Waals surface area contributed by atoms with Gasteiger partial charge in [0.15, 0.2) is 0 Å². The van der Waals surface area contributed by atoms with E-state index < -0.39 is 36.0 Å². The van der Waals surface area contributed by atoms with Gasteiger partial charge in [-0.1, -0.05) is 26.0 Å². The summed E-state index contributed by atoms with van der Waals surface area (Å²) in [7, 11) is 0. The van der Waals surface area contributed by atoms with Crippen LogP contribution in [0.1, 0.15) is 25.2 Å². The van der Waals surface area contributed by atoms with Gasteiger partial charge in [0.05, 0.1) is 6.61 Å². The van der Waals surface area contributed by atoms with Crippen LogP contribution in [0.4, 0.5) is 22.0 Å². The smallest absolute Gasteiger partial charge is 0.384 e. The number of alkyl halides is 4. The van der Waals surface area contributed by atoms with Gasteiger partial charge in [-0.3, -0.25) is 5.10 Å². The molecule has 0 aliphatic rings. The number of ether oxygens (including phenoxy) is 1. The lowest BCUT2D eigenvalue weighted by Crippen LogP contribution is -2.48. The molecule has 0 bridgehead atoms. The molecular weight excluding hydrogens is 361 g/mol. The fraction of sp³-hybridized carbons (Fsp3) is 0.500. The highest BCUT2D eigenvalue weighted by Gasteiger charge is 2.50. The number of hydrogen-bond acceptors (Lipinski definition) is 4. The highest BCUT2D eigenvalue weighted by atomic mass is 19.3. The van der Waals surface area contributed by atoms with Crippen LogP contribution in [-0.4, -0.2) is 39.4 Å². The number of nitrogens with zero attached hydrogens (tertiary/aromatic N) is 2. The number of benzene rings is 1. The second kappa shape index (κ2) is 7.28. The number of aliphatic hydroxyl groups is 1. The third-order valence-corrected chi connectivity index (χ3v) is 4.21. The minimum atomic E-state index is -4.66. The third kappa shape index (κ3) is 4.18. The Morgan fingerprint density at radius 2 is 1.81 bits per heavy atom. The minimum Gasteiger partial charge on any atom is -0.384 e. The van der Waals surface area contributed by atoms with Gasteiger partial charge in [0.25, 0.3) is 0 Å². The van der Waals surface area contributed by atoms with Crippen molar-refractivity contribution < 1.29 is 31.8 Å². The summed E-state index contributed by atoms with van der Waals surface area (Å²) in [6.07, 6.45) is -7.69.